The van der Waals surface area contributed by atoms with Gasteiger partial charge in [-0.15, -0.1) is 0 Å². The first kappa shape index (κ1) is 27.1. The Hall–Kier alpha value is -3.11. The fraction of sp³-hybridized carbons (Fsp3) is 0.542. The summed E-state index contributed by atoms with van der Waals surface area (Å²) in [7, 11) is 3.02. The minimum atomic E-state index is -0.823. The molecule has 0 radical (unpaired) electrons. The Bertz CT molecular complexity index is 882. The van der Waals surface area contributed by atoms with Gasteiger partial charge in [-0.05, 0) is 31.4 Å². The number of nitrogens with one attached hydrogen (secondary N) is 1. The molecule has 10 nitrogen and oxygen atoms in total. The molecule has 186 valence electrons. The van der Waals surface area contributed by atoms with Gasteiger partial charge in [-0.1, -0.05) is 18.2 Å². The van der Waals surface area contributed by atoms with E-state index in [4.69, 9.17) is 5.11 Å². The monoisotopic (exact) mass is 474 g/mol. The number of benzene rings is 1. The molecule has 0 aliphatic carbocycles. The molecule has 1 atom stereocenters. The molecule has 1 heterocycles. The number of carboxylic acids is 1. The minimum absolute atomic E-state index is 0.0518. The zero-order chi connectivity index (χ0) is 25.1. The van der Waals surface area contributed by atoms with E-state index in [1.165, 1.54) is 19.0 Å². The van der Waals surface area contributed by atoms with E-state index in [2.05, 4.69) is 10.2 Å². The van der Waals surface area contributed by atoms with Crippen molar-refractivity contribution in [3.63, 3.8) is 0 Å². The summed E-state index contributed by atoms with van der Waals surface area (Å²) in [4.78, 5) is 64.5. The maximum atomic E-state index is 13.3. The molecule has 1 unspecified atom stereocenters. The predicted octanol–water partition coefficient (Wildman–Crippen LogP) is 0.300. The summed E-state index contributed by atoms with van der Waals surface area (Å²) in [6.07, 6.45) is 2.94. The molecule has 1 aromatic rings. The Kier molecular flexibility index (Phi) is 10.8. The molecule has 1 fully saturated rings. The van der Waals surface area contributed by atoms with E-state index < -0.39 is 17.9 Å². The van der Waals surface area contributed by atoms with Gasteiger partial charge in [0.25, 0.3) is 5.91 Å². The molecular weight excluding hydrogens is 440 g/mol. The van der Waals surface area contributed by atoms with Gasteiger partial charge >= 0.3 is 5.97 Å². The van der Waals surface area contributed by atoms with Crippen LogP contribution in [0.15, 0.2) is 18.2 Å². The number of piperazine rings is 1. The first-order valence-electron chi connectivity index (χ1n) is 11.5. The third kappa shape index (κ3) is 7.74. The van der Waals surface area contributed by atoms with Crippen molar-refractivity contribution in [2.24, 2.45) is 0 Å². The van der Waals surface area contributed by atoms with Crippen molar-refractivity contribution in [3.05, 3.63) is 34.9 Å². The molecule has 2 amide bonds. The van der Waals surface area contributed by atoms with Gasteiger partial charge in [0.1, 0.15) is 6.29 Å². The van der Waals surface area contributed by atoms with Gasteiger partial charge in [0.15, 0.2) is 6.29 Å². The second-order valence-corrected chi connectivity index (χ2v) is 8.45. The lowest BCUT2D eigenvalue weighted by Gasteiger charge is -2.33. The van der Waals surface area contributed by atoms with Crippen molar-refractivity contribution in [2.45, 2.75) is 31.7 Å². The number of carbonyl (C=O) groups is 5. The zero-order valence-corrected chi connectivity index (χ0v) is 19.9. The first-order valence-corrected chi connectivity index (χ1v) is 11.5. The topological polar surface area (TPSA) is 127 Å². The predicted molar refractivity (Wildman–Crippen MR) is 126 cm³/mol. The van der Waals surface area contributed by atoms with E-state index in [1.807, 2.05) is 11.0 Å². The molecule has 0 spiro atoms. The molecule has 0 aromatic heterocycles. The molecule has 1 saturated heterocycles. The normalized spacial score (nSPS) is 15.4. The Morgan fingerprint density at radius 2 is 1.82 bits per heavy atom. The lowest BCUT2D eigenvalue weighted by Crippen LogP contribution is -2.48. The number of rotatable bonds is 13. The van der Waals surface area contributed by atoms with Crippen molar-refractivity contribution in [1.29, 1.82) is 0 Å². The highest BCUT2D eigenvalue weighted by Crippen LogP contribution is 2.20. The number of amides is 2. The number of carboxylic acid groups (broad SMARTS) is 1. The molecule has 10 heteroatoms. The number of aliphatic carboxylic acids is 1. The maximum absolute atomic E-state index is 13.3. The van der Waals surface area contributed by atoms with Crippen molar-refractivity contribution >= 4 is 30.4 Å². The lowest BCUT2D eigenvalue weighted by molar-refractivity contribution is -0.138. The Morgan fingerprint density at radius 1 is 1.15 bits per heavy atom. The van der Waals surface area contributed by atoms with Crippen LogP contribution in [0.3, 0.4) is 0 Å². The van der Waals surface area contributed by atoms with Gasteiger partial charge in [0, 0.05) is 52.3 Å². The smallest absolute Gasteiger partial charge is 0.317 e. The Balaban J connectivity index is 2.03. The van der Waals surface area contributed by atoms with Gasteiger partial charge in [-0.2, -0.15) is 0 Å². The number of likely N-dealkylation sites (N-methyl/N-ethyl adjacent to an activating group) is 1. The lowest BCUT2D eigenvalue weighted by atomic mass is 9.96. The van der Waals surface area contributed by atoms with Crippen molar-refractivity contribution in [2.75, 3.05) is 53.4 Å². The average molecular weight is 475 g/mol. The largest absolute Gasteiger partial charge is 0.480 e. The van der Waals surface area contributed by atoms with E-state index in [1.54, 1.807) is 12.1 Å². The summed E-state index contributed by atoms with van der Waals surface area (Å²) in [6, 6.07) is 4.36. The average Bonchev–Trinajstić information content (AvgIpc) is 2.84. The van der Waals surface area contributed by atoms with Crippen LogP contribution in [0.5, 0.6) is 0 Å². The van der Waals surface area contributed by atoms with Gasteiger partial charge in [0.05, 0.1) is 18.2 Å². The minimum Gasteiger partial charge on any atom is -0.480 e. The van der Waals surface area contributed by atoms with Crippen molar-refractivity contribution in [1.82, 2.24) is 20.0 Å². The molecular formula is C24H34N4O6. The third-order valence-electron chi connectivity index (χ3n) is 6.19. The molecule has 1 aliphatic rings. The molecule has 34 heavy (non-hydrogen) atoms. The van der Waals surface area contributed by atoms with Crippen molar-refractivity contribution in [3.8, 4) is 0 Å². The second-order valence-electron chi connectivity index (χ2n) is 8.45. The van der Waals surface area contributed by atoms with E-state index in [-0.39, 0.29) is 36.4 Å². The van der Waals surface area contributed by atoms with Crippen LogP contribution in [0.4, 0.5) is 0 Å². The fourth-order valence-corrected chi connectivity index (χ4v) is 4.13. The van der Waals surface area contributed by atoms with Crippen LogP contribution in [0, 0.1) is 0 Å². The zero-order valence-electron chi connectivity index (χ0n) is 19.9. The number of carbonyl (C=O) groups excluding carboxylic acids is 4. The summed E-state index contributed by atoms with van der Waals surface area (Å²) >= 11 is 0. The Labute approximate surface area is 199 Å². The fourth-order valence-electron chi connectivity index (χ4n) is 4.13. The standard InChI is InChI=1S/C24H34N4O6/c1-25-21(31)9-8-20(17-30)26(2)24(34)23-18(5-3-6-19(23)16-29)7-4-10-27-11-13-28(14-12-27)15-22(32)33/h3,5-6,16-17,20H,4,7-15H2,1-2H3,(H,25,31)(H,32,33). The number of hydrogen-bond acceptors (Lipinski definition) is 7. The van der Waals surface area contributed by atoms with Crippen LogP contribution >= 0.6 is 0 Å². The van der Waals surface area contributed by atoms with Gasteiger partial charge in [-0.3, -0.25) is 24.1 Å². The van der Waals surface area contributed by atoms with Gasteiger partial charge in [0.2, 0.25) is 5.91 Å². The van der Waals surface area contributed by atoms with Crippen LogP contribution < -0.4 is 5.32 Å². The summed E-state index contributed by atoms with van der Waals surface area (Å²) in [5.41, 5.74) is 1.30. The van der Waals surface area contributed by atoms with E-state index >= 15 is 0 Å². The molecule has 0 saturated carbocycles. The highest BCUT2D eigenvalue weighted by atomic mass is 16.4. The maximum Gasteiger partial charge on any atom is 0.317 e. The van der Waals surface area contributed by atoms with Crippen LogP contribution in [-0.4, -0.2) is 110 Å². The Morgan fingerprint density at radius 3 is 2.41 bits per heavy atom. The highest BCUT2D eigenvalue weighted by Gasteiger charge is 2.25. The summed E-state index contributed by atoms with van der Waals surface area (Å²) < 4.78 is 0. The van der Waals surface area contributed by atoms with Crippen LogP contribution in [0.1, 0.15) is 45.5 Å². The van der Waals surface area contributed by atoms with Crippen LogP contribution in [-0.2, 0) is 20.8 Å². The third-order valence-corrected chi connectivity index (χ3v) is 6.19. The summed E-state index contributed by atoms with van der Waals surface area (Å²) in [5, 5.41) is 11.4. The quantitative estimate of drug-likeness (QED) is 0.391. The van der Waals surface area contributed by atoms with E-state index in [9.17, 15) is 24.0 Å². The number of hydrogen-bond donors (Lipinski definition) is 2. The van der Waals surface area contributed by atoms with Crippen LogP contribution in [0.25, 0.3) is 0 Å². The SMILES string of the molecule is CNC(=O)CCC(C=O)N(C)C(=O)c1c(C=O)cccc1CCCN1CCN(CC(=O)O)CC1. The number of nitrogens with zero attached hydrogens (tertiary/aromatic N) is 3. The number of aryl methyl sites for hydroxylation is 1. The highest BCUT2D eigenvalue weighted by molar-refractivity contribution is 6.03. The molecule has 2 rings (SSSR count). The second kappa shape index (κ2) is 13.6. The number of aldehydes is 2. The van der Waals surface area contributed by atoms with Gasteiger partial charge in [-0.25, -0.2) is 0 Å². The molecule has 2 N–H and O–H groups in total. The van der Waals surface area contributed by atoms with E-state index in [0.29, 0.717) is 32.1 Å². The summed E-state index contributed by atoms with van der Waals surface area (Å²) in [5.74, 6) is -1.46. The van der Waals surface area contributed by atoms with E-state index in [0.717, 1.165) is 31.6 Å². The first-order chi connectivity index (χ1) is 16.3. The molecule has 1 aliphatic heterocycles. The van der Waals surface area contributed by atoms with Gasteiger partial charge < -0.3 is 25.0 Å². The summed E-state index contributed by atoms with van der Waals surface area (Å²) in [6.45, 7) is 3.80. The molecule has 1 aromatic carbocycles. The van der Waals surface area contributed by atoms with Crippen LogP contribution in [0.2, 0.25) is 0 Å². The van der Waals surface area contributed by atoms with Crippen molar-refractivity contribution < 1.29 is 29.1 Å². The molecule has 0 bridgehead atoms.